The normalized spacial score (nSPS) is 11.2. The van der Waals surface area contributed by atoms with Gasteiger partial charge >= 0.3 is 0 Å². The van der Waals surface area contributed by atoms with Crippen molar-refractivity contribution in [2.24, 2.45) is 0 Å². The van der Waals surface area contributed by atoms with Crippen molar-refractivity contribution >= 4 is 23.8 Å². The van der Waals surface area contributed by atoms with Crippen molar-refractivity contribution in [1.29, 1.82) is 0 Å². The summed E-state index contributed by atoms with van der Waals surface area (Å²) in [6.07, 6.45) is 19.6. The second-order valence-electron chi connectivity index (χ2n) is 9.63. The Balaban J connectivity index is 1.44. The van der Waals surface area contributed by atoms with Crippen LogP contribution < -0.4 is 15.9 Å². The molecular weight excluding hydrogens is 427 g/mol. The predicted molar refractivity (Wildman–Crippen MR) is 155 cm³/mol. The molecule has 0 aliphatic rings. The molecule has 0 aromatic heterocycles. The lowest BCUT2D eigenvalue weighted by atomic mass is 10.0. The maximum atomic E-state index is 2.38. The standard InChI is InChI=1S/C33H45P/c1-2-3-4-5-6-7-8-9-10-11-12-13-16-23-30-24-21-22-29-33(30)34(31-25-17-14-18-26-31)32-27-19-15-20-28-32/h14-15,17-22,24-29H,2-13,16,23H2,1H3. The lowest BCUT2D eigenvalue weighted by Crippen LogP contribution is -2.23. The molecule has 34 heavy (non-hydrogen) atoms. The van der Waals surface area contributed by atoms with Gasteiger partial charge in [-0.25, -0.2) is 0 Å². The fraction of sp³-hybridized carbons (Fsp3) is 0.455. The second kappa shape index (κ2) is 16.7. The van der Waals surface area contributed by atoms with Crippen LogP contribution in [0.25, 0.3) is 0 Å². The molecule has 0 unspecified atom stereocenters. The number of hydrogen-bond donors (Lipinski definition) is 0. The van der Waals surface area contributed by atoms with Crippen LogP contribution in [0.1, 0.15) is 96.0 Å². The Morgan fingerprint density at radius 2 is 0.853 bits per heavy atom. The van der Waals surface area contributed by atoms with E-state index in [1.807, 2.05) is 0 Å². The molecule has 0 saturated carbocycles. The van der Waals surface area contributed by atoms with Crippen LogP contribution in [-0.4, -0.2) is 0 Å². The van der Waals surface area contributed by atoms with Gasteiger partial charge in [-0.1, -0.05) is 169 Å². The monoisotopic (exact) mass is 472 g/mol. The zero-order chi connectivity index (χ0) is 23.7. The topological polar surface area (TPSA) is 0 Å². The van der Waals surface area contributed by atoms with Crippen molar-refractivity contribution < 1.29 is 0 Å². The van der Waals surface area contributed by atoms with E-state index in [-0.39, 0.29) is 0 Å². The van der Waals surface area contributed by atoms with E-state index in [1.54, 1.807) is 5.56 Å². The van der Waals surface area contributed by atoms with E-state index < -0.39 is 7.92 Å². The molecule has 0 N–H and O–H groups in total. The Morgan fingerprint density at radius 3 is 1.35 bits per heavy atom. The molecule has 3 aromatic carbocycles. The number of hydrogen-bond acceptors (Lipinski definition) is 0. The summed E-state index contributed by atoms with van der Waals surface area (Å²) in [6.45, 7) is 2.30. The first-order chi connectivity index (χ1) is 16.9. The quantitative estimate of drug-likeness (QED) is 0.136. The molecule has 0 saturated heterocycles. The molecule has 0 heterocycles. The molecule has 1 heteroatoms. The summed E-state index contributed by atoms with van der Waals surface area (Å²) in [5, 5.41) is 4.43. The van der Waals surface area contributed by atoms with E-state index in [9.17, 15) is 0 Å². The highest BCUT2D eigenvalue weighted by atomic mass is 31.1. The van der Waals surface area contributed by atoms with Crippen molar-refractivity contribution in [3.05, 3.63) is 90.5 Å². The Bertz CT molecular complexity index is 847. The summed E-state index contributed by atoms with van der Waals surface area (Å²) >= 11 is 0. The zero-order valence-corrected chi connectivity index (χ0v) is 22.3. The van der Waals surface area contributed by atoms with Crippen LogP contribution in [0.3, 0.4) is 0 Å². The third-order valence-corrected chi connectivity index (χ3v) is 9.36. The Labute approximate surface area is 211 Å². The minimum absolute atomic E-state index is 0.508. The smallest absolute Gasteiger partial charge is 0.0119 e. The van der Waals surface area contributed by atoms with Gasteiger partial charge in [-0.15, -0.1) is 0 Å². The highest BCUT2D eigenvalue weighted by Gasteiger charge is 2.18. The van der Waals surface area contributed by atoms with Crippen LogP contribution >= 0.6 is 7.92 Å². The van der Waals surface area contributed by atoms with Crippen LogP contribution in [0.5, 0.6) is 0 Å². The average Bonchev–Trinajstić information content (AvgIpc) is 2.89. The summed E-state index contributed by atoms with van der Waals surface area (Å²) in [4.78, 5) is 0. The van der Waals surface area contributed by atoms with Crippen molar-refractivity contribution in [2.45, 2.75) is 96.8 Å². The highest BCUT2D eigenvalue weighted by molar-refractivity contribution is 7.79. The van der Waals surface area contributed by atoms with E-state index in [0.717, 1.165) is 0 Å². The van der Waals surface area contributed by atoms with Crippen LogP contribution in [0, 0.1) is 0 Å². The third-order valence-electron chi connectivity index (χ3n) is 6.81. The number of rotatable bonds is 17. The third kappa shape index (κ3) is 9.38. The molecule has 0 spiro atoms. The van der Waals surface area contributed by atoms with Gasteiger partial charge in [0.25, 0.3) is 0 Å². The fourth-order valence-electron chi connectivity index (χ4n) is 4.85. The summed E-state index contributed by atoms with van der Waals surface area (Å²) in [6, 6.07) is 31.4. The molecule has 182 valence electrons. The largest absolute Gasteiger partial charge is 0.0654 e. The van der Waals surface area contributed by atoms with E-state index in [0.29, 0.717) is 0 Å². The van der Waals surface area contributed by atoms with Gasteiger partial charge in [0.2, 0.25) is 0 Å². The molecular formula is C33H45P. The summed E-state index contributed by atoms with van der Waals surface area (Å²) in [5.41, 5.74) is 1.55. The maximum Gasteiger partial charge on any atom is -0.0119 e. The van der Waals surface area contributed by atoms with Gasteiger partial charge in [0.15, 0.2) is 0 Å². The first kappa shape index (κ1) is 26.7. The highest BCUT2D eigenvalue weighted by Crippen LogP contribution is 2.34. The Kier molecular flexibility index (Phi) is 13.1. The van der Waals surface area contributed by atoms with E-state index in [4.69, 9.17) is 0 Å². The molecule has 0 fully saturated rings. The van der Waals surface area contributed by atoms with E-state index in [2.05, 4.69) is 91.9 Å². The lowest BCUT2D eigenvalue weighted by molar-refractivity contribution is 0.539. The van der Waals surface area contributed by atoms with Gasteiger partial charge in [-0.3, -0.25) is 0 Å². The lowest BCUT2D eigenvalue weighted by Gasteiger charge is -2.22. The summed E-state index contributed by atoms with van der Waals surface area (Å²) in [7, 11) is -0.508. The van der Waals surface area contributed by atoms with Crippen molar-refractivity contribution in [2.75, 3.05) is 0 Å². The Hall–Kier alpha value is -1.91. The van der Waals surface area contributed by atoms with Crippen molar-refractivity contribution in [3.8, 4) is 0 Å². The minimum Gasteiger partial charge on any atom is -0.0654 e. The number of benzene rings is 3. The van der Waals surface area contributed by atoms with Gasteiger partial charge in [0, 0.05) is 0 Å². The second-order valence-corrected chi connectivity index (χ2v) is 11.8. The molecule has 0 aliphatic carbocycles. The Morgan fingerprint density at radius 1 is 0.441 bits per heavy atom. The molecule has 0 radical (unpaired) electrons. The molecule has 3 aromatic rings. The van der Waals surface area contributed by atoms with Crippen LogP contribution in [-0.2, 0) is 6.42 Å². The van der Waals surface area contributed by atoms with E-state index >= 15 is 0 Å². The first-order valence-corrected chi connectivity index (χ1v) is 15.2. The number of aryl methyl sites for hydroxylation is 1. The van der Waals surface area contributed by atoms with Crippen molar-refractivity contribution in [3.63, 3.8) is 0 Å². The van der Waals surface area contributed by atoms with E-state index in [1.165, 1.54) is 106 Å². The molecule has 0 bridgehead atoms. The molecule has 0 aliphatic heterocycles. The van der Waals surface area contributed by atoms with Crippen LogP contribution in [0.15, 0.2) is 84.9 Å². The fourth-order valence-corrected chi connectivity index (χ4v) is 7.36. The zero-order valence-electron chi connectivity index (χ0n) is 21.4. The van der Waals surface area contributed by atoms with Gasteiger partial charge in [-0.2, -0.15) is 0 Å². The molecule has 3 rings (SSSR count). The number of unbranched alkanes of at least 4 members (excludes halogenated alkanes) is 12. The van der Waals surface area contributed by atoms with Gasteiger partial charge in [-0.05, 0) is 42.2 Å². The predicted octanol–water partition coefficient (Wildman–Crippen LogP) is 9.08. The van der Waals surface area contributed by atoms with Gasteiger partial charge in [0.05, 0.1) is 0 Å². The average molecular weight is 473 g/mol. The van der Waals surface area contributed by atoms with Gasteiger partial charge in [0.1, 0.15) is 0 Å². The summed E-state index contributed by atoms with van der Waals surface area (Å²) < 4.78 is 0. The maximum absolute atomic E-state index is 2.38. The molecule has 0 atom stereocenters. The van der Waals surface area contributed by atoms with Crippen LogP contribution in [0.4, 0.5) is 0 Å². The van der Waals surface area contributed by atoms with Crippen molar-refractivity contribution in [1.82, 2.24) is 0 Å². The first-order valence-electron chi connectivity index (χ1n) is 13.9. The van der Waals surface area contributed by atoms with Gasteiger partial charge < -0.3 is 0 Å². The molecule has 0 amide bonds. The van der Waals surface area contributed by atoms with Crippen LogP contribution in [0.2, 0.25) is 0 Å². The SMILES string of the molecule is CCCCCCCCCCCCCCCc1ccccc1P(c1ccccc1)c1ccccc1. The summed E-state index contributed by atoms with van der Waals surface area (Å²) in [5.74, 6) is 0. The minimum atomic E-state index is -0.508. The molecule has 0 nitrogen and oxygen atoms in total.